The van der Waals surface area contributed by atoms with Gasteiger partial charge in [0, 0.05) is 5.75 Å². The summed E-state index contributed by atoms with van der Waals surface area (Å²) in [5, 5.41) is 13.5. The zero-order valence-electron chi connectivity index (χ0n) is 14.0. The predicted octanol–water partition coefficient (Wildman–Crippen LogP) is 2.26. The molecule has 0 bridgehead atoms. The number of carbonyl (C=O) groups is 2. The van der Waals surface area contributed by atoms with E-state index in [1.807, 2.05) is 19.1 Å². The molecule has 1 rings (SSSR count). The molecule has 0 unspecified atom stereocenters. The average Bonchev–Trinajstić information content (AvgIpc) is 2.42. The minimum atomic E-state index is -1.30. The third-order valence-corrected chi connectivity index (χ3v) is 3.98. The Hall–Kier alpha value is -1.69. The quantitative estimate of drug-likeness (QED) is 0.772. The Balaban J connectivity index is 2.37. The van der Waals surface area contributed by atoms with Crippen LogP contribution in [0.25, 0.3) is 0 Å². The Kier molecular flexibility index (Phi) is 7.42. The van der Waals surface area contributed by atoms with Crippen molar-refractivity contribution in [3.8, 4) is 0 Å². The van der Waals surface area contributed by atoms with Crippen molar-refractivity contribution in [1.82, 2.24) is 5.32 Å². The lowest BCUT2D eigenvalue weighted by atomic mass is 10.2. The third kappa shape index (κ3) is 8.50. The van der Waals surface area contributed by atoms with E-state index in [0.717, 1.165) is 5.75 Å². The minimum absolute atomic E-state index is 0.290. The number of benzene rings is 1. The third-order valence-electron chi connectivity index (χ3n) is 2.92. The summed E-state index contributed by atoms with van der Waals surface area (Å²) in [7, 11) is 0. The first-order chi connectivity index (χ1) is 10.7. The van der Waals surface area contributed by atoms with Crippen molar-refractivity contribution in [2.45, 2.75) is 51.5 Å². The van der Waals surface area contributed by atoms with E-state index in [2.05, 4.69) is 17.4 Å². The first kappa shape index (κ1) is 19.4. The molecular weight excluding hydrogens is 314 g/mol. The molecule has 0 fully saturated rings. The van der Waals surface area contributed by atoms with Crippen LogP contribution in [0.5, 0.6) is 0 Å². The fourth-order valence-electron chi connectivity index (χ4n) is 1.77. The van der Waals surface area contributed by atoms with E-state index in [0.29, 0.717) is 5.75 Å². The van der Waals surface area contributed by atoms with Gasteiger partial charge in [0.15, 0.2) is 0 Å². The van der Waals surface area contributed by atoms with Crippen molar-refractivity contribution in [1.29, 1.82) is 0 Å². The van der Waals surface area contributed by atoms with Crippen LogP contribution in [0.1, 0.15) is 38.3 Å². The molecule has 6 heteroatoms. The highest BCUT2D eigenvalue weighted by atomic mass is 32.2. The van der Waals surface area contributed by atoms with Crippen molar-refractivity contribution in [2.75, 3.05) is 5.75 Å². The van der Waals surface area contributed by atoms with Gasteiger partial charge in [-0.05, 0) is 45.4 Å². The molecule has 0 aliphatic carbocycles. The van der Waals surface area contributed by atoms with E-state index >= 15 is 0 Å². The normalized spacial score (nSPS) is 12.5. The maximum absolute atomic E-state index is 11.6. The van der Waals surface area contributed by atoms with Crippen molar-refractivity contribution in [3.05, 3.63) is 35.4 Å². The summed E-state index contributed by atoms with van der Waals surface area (Å²) >= 11 is 1.61. The maximum Gasteiger partial charge on any atom is 0.408 e. The van der Waals surface area contributed by atoms with Gasteiger partial charge < -0.3 is 20.0 Å². The topological polar surface area (TPSA) is 78.5 Å². The summed E-state index contributed by atoms with van der Waals surface area (Å²) in [6.07, 6.45) is -0.451. The van der Waals surface area contributed by atoms with Gasteiger partial charge in [-0.15, -0.1) is 0 Å². The van der Waals surface area contributed by atoms with Crippen LogP contribution in [0.3, 0.4) is 0 Å². The average molecular weight is 338 g/mol. The molecule has 23 heavy (non-hydrogen) atoms. The molecule has 0 aliphatic heterocycles. The largest absolute Gasteiger partial charge is 0.548 e. The molecular formula is C17H24NO4S-. The molecule has 0 aromatic heterocycles. The van der Waals surface area contributed by atoms with Crippen LogP contribution < -0.4 is 10.4 Å². The van der Waals surface area contributed by atoms with Gasteiger partial charge in [0.25, 0.3) is 0 Å². The van der Waals surface area contributed by atoms with Crippen molar-refractivity contribution in [3.63, 3.8) is 0 Å². The standard InChI is InChI=1S/C17H25NO4S/c1-12-5-7-13(8-6-12)11-23-10-9-14(15(19)20)18-16(21)22-17(2,3)4/h5-8,14H,9-11H2,1-4H3,(H,18,21)(H,19,20)/p-1/t14-/m0/s1. The fourth-order valence-corrected chi connectivity index (χ4v) is 2.75. The first-order valence-electron chi connectivity index (χ1n) is 7.51. The van der Waals surface area contributed by atoms with E-state index in [-0.39, 0.29) is 6.42 Å². The lowest BCUT2D eigenvalue weighted by Gasteiger charge is -2.24. The second kappa shape index (κ2) is 8.82. The molecule has 128 valence electrons. The highest BCUT2D eigenvalue weighted by Gasteiger charge is 2.19. The highest BCUT2D eigenvalue weighted by molar-refractivity contribution is 7.98. The Morgan fingerprint density at radius 2 is 1.87 bits per heavy atom. The molecule has 5 nitrogen and oxygen atoms in total. The van der Waals surface area contributed by atoms with Gasteiger partial charge in [-0.3, -0.25) is 0 Å². The Morgan fingerprint density at radius 3 is 2.39 bits per heavy atom. The molecule has 0 saturated heterocycles. The lowest BCUT2D eigenvalue weighted by Crippen LogP contribution is -2.49. The van der Waals surface area contributed by atoms with Gasteiger partial charge in [0.2, 0.25) is 0 Å². The molecule has 1 aromatic carbocycles. The number of aryl methyl sites for hydroxylation is 1. The van der Waals surface area contributed by atoms with Crippen molar-refractivity contribution in [2.24, 2.45) is 0 Å². The number of amides is 1. The molecule has 1 N–H and O–H groups in total. The summed E-state index contributed by atoms with van der Waals surface area (Å²) < 4.78 is 5.06. The predicted molar refractivity (Wildman–Crippen MR) is 90.1 cm³/mol. The summed E-state index contributed by atoms with van der Waals surface area (Å²) in [5.74, 6) is 0.0984. The highest BCUT2D eigenvalue weighted by Crippen LogP contribution is 2.15. The minimum Gasteiger partial charge on any atom is -0.548 e. The SMILES string of the molecule is Cc1ccc(CSCC[C@H](NC(=O)OC(C)(C)C)C(=O)[O-])cc1. The number of aliphatic carboxylic acids is 1. The van der Waals surface area contributed by atoms with Gasteiger partial charge in [0.05, 0.1) is 12.0 Å². The zero-order chi connectivity index (χ0) is 17.5. The van der Waals surface area contributed by atoms with Crippen LogP contribution in [0, 0.1) is 6.92 Å². The van der Waals surface area contributed by atoms with Gasteiger partial charge in [-0.2, -0.15) is 11.8 Å². The molecule has 1 aromatic rings. The van der Waals surface area contributed by atoms with Crippen LogP contribution >= 0.6 is 11.8 Å². The second-order valence-corrected chi connectivity index (χ2v) is 7.45. The van der Waals surface area contributed by atoms with Crippen LogP contribution in [0.2, 0.25) is 0 Å². The maximum atomic E-state index is 11.6. The van der Waals surface area contributed by atoms with Crippen LogP contribution in [-0.2, 0) is 15.3 Å². The molecule has 1 amide bonds. The monoisotopic (exact) mass is 338 g/mol. The van der Waals surface area contributed by atoms with E-state index in [1.54, 1.807) is 32.5 Å². The zero-order valence-corrected chi connectivity index (χ0v) is 14.9. The Labute approximate surface area is 141 Å². The van der Waals surface area contributed by atoms with Crippen LogP contribution in [-0.4, -0.2) is 29.5 Å². The number of hydrogen-bond acceptors (Lipinski definition) is 5. The van der Waals surface area contributed by atoms with Gasteiger partial charge >= 0.3 is 6.09 Å². The fraction of sp³-hybridized carbons (Fsp3) is 0.529. The van der Waals surface area contributed by atoms with Gasteiger partial charge in [0.1, 0.15) is 5.60 Å². The molecule has 1 atom stereocenters. The molecule has 0 heterocycles. The molecule has 0 radical (unpaired) electrons. The number of rotatable bonds is 7. The van der Waals surface area contributed by atoms with Crippen LogP contribution in [0.4, 0.5) is 4.79 Å². The number of ether oxygens (including phenoxy) is 1. The molecule has 0 aliphatic rings. The Bertz CT molecular complexity index is 522. The van der Waals surface area contributed by atoms with E-state index < -0.39 is 23.7 Å². The summed E-state index contributed by atoms with van der Waals surface area (Å²) in [6.45, 7) is 7.19. The van der Waals surface area contributed by atoms with Crippen LogP contribution in [0.15, 0.2) is 24.3 Å². The number of alkyl carbamates (subject to hydrolysis) is 1. The Morgan fingerprint density at radius 1 is 1.26 bits per heavy atom. The second-order valence-electron chi connectivity index (χ2n) is 6.34. The number of carboxylic acid groups (broad SMARTS) is 1. The van der Waals surface area contributed by atoms with Crippen molar-refractivity contribution < 1.29 is 19.4 Å². The smallest absolute Gasteiger partial charge is 0.408 e. The number of carbonyl (C=O) groups excluding carboxylic acids is 2. The van der Waals surface area contributed by atoms with E-state index in [4.69, 9.17) is 4.74 Å². The summed E-state index contributed by atoms with van der Waals surface area (Å²) in [5.41, 5.74) is 1.73. The number of hydrogen-bond donors (Lipinski definition) is 1. The molecule has 0 saturated carbocycles. The van der Waals surface area contributed by atoms with Gasteiger partial charge in [-0.1, -0.05) is 29.8 Å². The van der Waals surface area contributed by atoms with E-state index in [9.17, 15) is 14.7 Å². The number of nitrogens with one attached hydrogen (secondary N) is 1. The van der Waals surface area contributed by atoms with Crippen molar-refractivity contribution >= 4 is 23.8 Å². The number of thioether (sulfide) groups is 1. The summed E-state index contributed by atoms with van der Waals surface area (Å²) in [4.78, 5) is 22.7. The summed E-state index contributed by atoms with van der Waals surface area (Å²) in [6, 6.07) is 7.15. The number of carboxylic acids is 1. The lowest BCUT2D eigenvalue weighted by molar-refractivity contribution is -0.308. The van der Waals surface area contributed by atoms with E-state index in [1.165, 1.54) is 11.1 Å². The van der Waals surface area contributed by atoms with Gasteiger partial charge in [-0.25, -0.2) is 4.79 Å². The first-order valence-corrected chi connectivity index (χ1v) is 8.66. The molecule has 0 spiro atoms.